The van der Waals surface area contributed by atoms with E-state index in [9.17, 15) is 14.9 Å². The quantitative estimate of drug-likeness (QED) is 0.321. The number of nitro benzene ring substituents is 1. The largest absolute Gasteiger partial charge is 0.368 e. The van der Waals surface area contributed by atoms with Crippen LogP contribution in [0.3, 0.4) is 0 Å². The first-order valence-electron chi connectivity index (χ1n) is 11.4. The number of carbonyl (C=O) groups is 1. The van der Waals surface area contributed by atoms with Crippen LogP contribution in [0.5, 0.6) is 0 Å². The van der Waals surface area contributed by atoms with Crippen LogP contribution in [0.25, 0.3) is 16.7 Å². The average Bonchev–Trinajstić information content (AvgIpc) is 3.26. The third kappa shape index (κ3) is 4.34. The molecule has 3 aromatic carbocycles. The summed E-state index contributed by atoms with van der Waals surface area (Å²) >= 11 is 0. The number of nitro groups is 1. The van der Waals surface area contributed by atoms with Crippen LogP contribution < -0.4 is 4.90 Å². The lowest BCUT2D eigenvalue weighted by Gasteiger charge is -2.36. The smallest absolute Gasteiger partial charge is 0.269 e. The Labute approximate surface area is 197 Å². The van der Waals surface area contributed by atoms with E-state index in [2.05, 4.69) is 27.7 Å². The van der Waals surface area contributed by atoms with Crippen LogP contribution in [0.2, 0.25) is 0 Å². The van der Waals surface area contributed by atoms with E-state index >= 15 is 0 Å². The second-order valence-electron chi connectivity index (χ2n) is 8.33. The number of amides is 1. The zero-order valence-corrected chi connectivity index (χ0v) is 18.7. The van der Waals surface area contributed by atoms with Crippen molar-refractivity contribution in [1.82, 2.24) is 14.5 Å². The van der Waals surface area contributed by atoms with Gasteiger partial charge in [0.05, 0.1) is 16.0 Å². The fourth-order valence-corrected chi connectivity index (χ4v) is 4.48. The van der Waals surface area contributed by atoms with E-state index in [0.717, 1.165) is 28.2 Å². The molecule has 0 aliphatic carbocycles. The Bertz CT molecular complexity index is 1310. The first-order valence-corrected chi connectivity index (χ1v) is 11.4. The molecule has 1 saturated heterocycles. The van der Waals surface area contributed by atoms with Gasteiger partial charge in [-0.3, -0.25) is 19.5 Å². The summed E-state index contributed by atoms with van der Waals surface area (Å²) in [5.74, 6) is 1.00. The summed E-state index contributed by atoms with van der Waals surface area (Å²) in [7, 11) is 0. The SMILES string of the molecule is O=C(CCc1nc2ccccc2n1-c1ccccc1)N1CCN(c2ccc([N+](=O)[O-])cc2)CC1. The van der Waals surface area contributed by atoms with Gasteiger partial charge in [0.15, 0.2) is 0 Å². The maximum Gasteiger partial charge on any atom is 0.269 e. The zero-order chi connectivity index (χ0) is 23.5. The summed E-state index contributed by atoms with van der Waals surface area (Å²) in [6.45, 7) is 2.66. The Morgan fingerprint density at radius 3 is 2.24 bits per heavy atom. The molecule has 1 aliphatic heterocycles. The highest BCUT2D eigenvalue weighted by Crippen LogP contribution is 2.23. The fraction of sp³-hybridized carbons (Fsp3) is 0.231. The van der Waals surface area contributed by atoms with Gasteiger partial charge in [-0.25, -0.2) is 4.98 Å². The molecule has 1 amide bonds. The molecule has 0 radical (unpaired) electrons. The molecule has 1 aliphatic rings. The van der Waals surface area contributed by atoms with Crippen molar-refractivity contribution >= 4 is 28.3 Å². The summed E-state index contributed by atoms with van der Waals surface area (Å²) in [4.78, 5) is 32.3. The minimum Gasteiger partial charge on any atom is -0.368 e. The number of hydrogen-bond donors (Lipinski definition) is 0. The van der Waals surface area contributed by atoms with E-state index in [4.69, 9.17) is 4.98 Å². The van der Waals surface area contributed by atoms with Crippen molar-refractivity contribution in [3.8, 4) is 5.69 Å². The molecule has 0 unspecified atom stereocenters. The average molecular weight is 456 g/mol. The number of anilines is 1. The van der Waals surface area contributed by atoms with Crippen LogP contribution >= 0.6 is 0 Å². The third-order valence-electron chi connectivity index (χ3n) is 6.27. The van der Waals surface area contributed by atoms with E-state index in [0.29, 0.717) is 39.0 Å². The molecule has 0 saturated carbocycles. The van der Waals surface area contributed by atoms with Gasteiger partial charge in [0, 0.05) is 62.5 Å². The van der Waals surface area contributed by atoms with E-state index < -0.39 is 4.92 Å². The van der Waals surface area contributed by atoms with Gasteiger partial charge in [-0.1, -0.05) is 30.3 Å². The molecular weight excluding hydrogens is 430 g/mol. The predicted molar refractivity (Wildman–Crippen MR) is 131 cm³/mol. The summed E-state index contributed by atoms with van der Waals surface area (Å²) in [5.41, 5.74) is 4.02. The molecule has 4 aromatic rings. The summed E-state index contributed by atoms with van der Waals surface area (Å²) in [6.07, 6.45) is 0.957. The third-order valence-corrected chi connectivity index (χ3v) is 6.27. The Kier molecular flexibility index (Phi) is 5.95. The Balaban J connectivity index is 1.24. The number of hydrogen-bond acceptors (Lipinski definition) is 5. The number of rotatable bonds is 6. The molecule has 8 heteroatoms. The Morgan fingerprint density at radius 1 is 0.853 bits per heavy atom. The van der Waals surface area contributed by atoms with E-state index in [1.54, 1.807) is 12.1 Å². The number of piperazine rings is 1. The fourth-order valence-electron chi connectivity index (χ4n) is 4.48. The first kappa shape index (κ1) is 21.6. The molecule has 0 bridgehead atoms. The maximum absolute atomic E-state index is 13.0. The van der Waals surface area contributed by atoms with Crippen molar-refractivity contribution in [2.45, 2.75) is 12.8 Å². The van der Waals surface area contributed by atoms with Gasteiger partial charge in [0.1, 0.15) is 5.82 Å². The van der Waals surface area contributed by atoms with Crippen LogP contribution in [-0.4, -0.2) is 51.5 Å². The van der Waals surface area contributed by atoms with Gasteiger partial charge in [-0.05, 0) is 36.4 Å². The van der Waals surface area contributed by atoms with Crippen molar-refractivity contribution in [2.75, 3.05) is 31.1 Å². The van der Waals surface area contributed by atoms with Crippen LogP contribution in [0.4, 0.5) is 11.4 Å². The summed E-state index contributed by atoms with van der Waals surface area (Å²) in [6, 6.07) is 24.7. The second-order valence-corrected chi connectivity index (χ2v) is 8.33. The lowest BCUT2D eigenvalue weighted by Crippen LogP contribution is -2.48. The molecule has 0 atom stereocenters. The first-order chi connectivity index (χ1) is 16.6. The molecule has 1 fully saturated rings. The number of aryl methyl sites for hydroxylation is 1. The number of carbonyl (C=O) groups excluding carboxylic acids is 1. The van der Waals surface area contributed by atoms with Crippen LogP contribution in [-0.2, 0) is 11.2 Å². The maximum atomic E-state index is 13.0. The molecule has 5 rings (SSSR count). The van der Waals surface area contributed by atoms with Gasteiger partial charge in [-0.2, -0.15) is 0 Å². The molecule has 1 aromatic heterocycles. The van der Waals surface area contributed by atoms with Crippen LogP contribution in [0, 0.1) is 10.1 Å². The monoisotopic (exact) mass is 455 g/mol. The van der Waals surface area contributed by atoms with Crippen LogP contribution in [0.15, 0.2) is 78.9 Å². The number of para-hydroxylation sites is 3. The Hall–Kier alpha value is -4.20. The lowest BCUT2D eigenvalue weighted by atomic mass is 10.2. The van der Waals surface area contributed by atoms with Gasteiger partial charge in [-0.15, -0.1) is 0 Å². The number of fused-ring (bicyclic) bond motifs is 1. The number of non-ortho nitro benzene ring substituents is 1. The zero-order valence-electron chi connectivity index (χ0n) is 18.7. The van der Waals surface area contributed by atoms with Gasteiger partial charge in [0.2, 0.25) is 5.91 Å². The van der Waals surface area contributed by atoms with E-state index in [1.165, 1.54) is 12.1 Å². The highest BCUT2D eigenvalue weighted by atomic mass is 16.6. The summed E-state index contributed by atoms with van der Waals surface area (Å²) < 4.78 is 2.13. The standard InChI is InChI=1S/C26H25N5O3/c32-26(29-18-16-28(17-19-29)20-10-12-22(13-11-20)31(33)34)15-14-25-27-23-8-4-5-9-24(23)30(25)21-6-2-1-3-7-21/h1-13H,14-19H2. The molecule has 172 valence electrons. The van der Waals surface area contributed by atoms with Gasteiger partial charge < -0.3 is 9.80 Å². The highest BCUT2D eigenvalue weighted by Gasteiger charge is 2.22. The van der Waals surface area contributed by atoms with Crippen molar-refractivity contribution in [1.29, 1.82) is 0 Å². The lowest BCUT2D eigenvalue weighted by molar-refractivity contribution is -0.384. The number of benzene rings is 3. The number of nitrogens with zero attached hydrogens (tertiary/aromatic N) is 5. The molecule has 2 heterocycles. The molecule has 0 spiro atoms. The predicted octanol–water partition coefficient (Wildman–Crippen LogP) is 4.22. The molecule has 0 N–H and O–H groups in total. The van der Waals surface area contributed by atoms with Crippen molar-refractivity contribution in [3.63, 3.8) is 0 Å². The van der Waals surface area contributed by atoms with Crippen molar-refractivity contribution in [3.05, 3.63) is 94.8 Å². The molecular formula is C26H25N5O3. The second kappa shape index (κ2) is 9.35. The number of aromatic nitrogens is 2. The highest BCUT2D eigenvalue weighted by molar-refractivity contribution is 5.79. The molecule has 8 nitrogen and oxygen atoms in total. The topological polar surface area (TPSA) is 84.5 Å². The van der Waals surface area contributed by atoms with Crippen molar-refractivity contribution in [2.24, 2.45) is 0 Å². The van der Waals surface area contributed by atoms with Gasteiger partial charge >= 0.3 is 0 Å². The molecule has 34 heavy (non-hydrogen) atoms. The minimum atomic E-state index is -0.396. The summed E-state index contributed by atoms with van der Waals surface area (Å²) in [5, 5.41) is 10.9. The number of imidazole rings is 1. The minimum absolute atomic E-state index is 0.0825. The normalized spacial score (nSPS) is 13.9. The van der Waals surface area contributed by atoms with E-state index in [1.807, 2.05) is 41.3 Å². The van der Waals surface area contributed by atoms with E-state index in [-0.39, 0.29) is 11.6 Å². The van der Waals surface area contributed by atoms with Crippen LogP contribution in [0.1, 0.15) is 12.2 Å². The van der Waals surface area contributed by atoms with Crippen molar-refractivity contribution < 1.29 is 9.72 Å². The Morgan fingerprint density at radius 2 is 1.53 bits per heavy atom. The van der Waals surface area contributed by atoms with Gasteiger partial charge in [0.25, 0.3) is 5.69 Å².